The molecule has 0 aliphatic rings. The van der Waals surface area contributed by atoms with Gasteiger partial charge in [0.2, 0.25) is 0 Å². The van der Waals surface area contributed by atoms with Gasteiger partial charge in [-0.3, -0.25) is 4.98 Å². The number of unbranched alkanes of at least 4 members (excludes halogenated alkanes) is 1. The van der Waals surface area contributed by atoms with Gasteiger partial charge < -0.3 is 4.90 Å². The number of pyridine rings is 1. The van der Waals surface area contributed by atoms with Gasteiger partial charge in [-0.2, -0.15) is 0 Å². The molecule has 2 heteroatoms. The number of aromatic nitrogens is 1. The van der Waals surface area contributed by atoms with E-state index >= 15 is 0 Å². The van der Waals surface area contributed by atoms with Crippen LogP contribution in [0.15, 0.2) is 18.5 Å². The van der Waals surface area contributed by atoms with E-state index in [9.17, 15) is 0 Å². The van der Waals surface area contributed by atoms with E-state index in [1.54, 1.807) is 0 Å². The lowest BCUT2D eigenvalue weighted by Crippen LogP contribution is -2.15. The molecule has 0 atom stereocenters. The average Bonchev–Trinajstić information content (AvgIpc) is 2.23. The molecule has 0 aliphatic carbocycles. The molecule has 0 radical (unpaired) electrons. The van der Waals surface area contributed by atoms with Gasteiger partial charge in [-0.1, -0.05) is 20.8 Å². The van der Waals surface area contributed by atoms with Crippen LogP contribution in [0.25, 0.3) is 0 Å². The fraction of sp³-hybridized carbons (Fsp3) is 0.667. The van der Waals surface area contributed by atoms with Crippen molar-refractivity contribution in [3.05, 3.63) is 29.6 Å². The number of aryl methyl sites for hydroxylation is 1. The summed E-state index contributed by atoms with van der Waals surface area (Å²) in [6.45, 7) is 7.98. The SMILES string of the molecule is CN(C)CCCCc1cnccc1C(C)(C)C. The van der Waals surface area contributed by atoms with Crippen LogP contribution in [0.4, 0.5) is 0 Å². The zero-order valence-corrected chi connectivity index (χ0v) is 12.0. The van der Waals surface area contributed by atoms with Crippen LogP contribution in [0, 0.1) is 0 Å². The first-order chi connectivity index (χ1) is 7.91. The fourth-order valence-corrected chi connectivity index (χ4v) is 2.10. The third-order valence-corrected chi connectivity index (χ3v) is 3.01. The van der Waals surface area contributed by atoms with Gasteiger partial charge in [-0.05, 0) is 62.5 Å². The summed E-state index contributed by atoms with van der Waals surface area (Å²) in [5.74, 6) is 0. The Bertz CT molecular complexity index is 337. The van der Waals surface area contributed by atoms with Crippen molar-refractivity contribution < 1.29 is 0 Å². The summed E-state index contributed by atoms with van der Waals surface area (Å²) in [4.78, 5) is 6.51. The lowest BCUT2D eigenvalue weighted by atomic mass is 9.83. The van der Waals surface area contributed by atoms with Crippen molar-refractivity contribution in [3.63, 3.8) is 0 Å². The minimum absolute atomic E-state index is 0.222. The minimum atomic E-state index is 0.222. The predicted molar refractivity (Wildman–Crippen MR) is 74.4 cm³/mol. The summed E-state index contributed by atoms with van der Waals surface area (Å²) in [5, 5.41) is 0. The summed E-state index contributed by atoms with van der Waals surface area (Å²) in [7, 11) is 4.26. The second kappa shape index (κ2) is 6.15. The maximum absolute atomic E-state index is 4.26. The van der Waals surface area contributed by atoms with Crippen LogP contribution in [-0.4, -0.2) is 30.5 Å². The molecule has 1 heterocycles. The molecule has 0 saturated heterocycles. The highest BCUT2D eigenvalue weighted by molar-refractivity contribution is 5.29. The molecule has 17 heavy (non-hydrogen) atoms. The van der Waals surface area contributed by atoms with E-state index in [0.29, 0.717) is 0 Å². The van der Waals surface area contributed by atoms with E-state index in [1.807, 2.05) is 12.4 Å². The Morgan fingerprint density at radius 2 is 1.88 bits per heavy atom. The van der Waals surface area contributed by atoms with Crippen molar-refractivity contribution in [1.29, 1.82) is 0 Å². The number of hydrogen-bond acceptors (Lipinski definition) is 2. The van der Waals surface area contributed by atoms with Gasteiger partial charge in [0.25, 0.3) is 0 Å². The smallest absolute Gasteiger partial charge is 0.0302 e. The molecular formula is C15H26N2. The zero-order chi connectivity index (χ0) is 12.9. The zero-order valence-electron chi connectivity index (χ0n) is 12.0. The Kier molecular flexibility index (Phi) is 5.13. The maximum Gasteiger partial charge on any atom is 0.0302 e. The molecule has 1 aromatic heterocycles. The molecule has 0 bridgehead atoms. The van der Waals surface area contributed by atoms with Gasteiger partial charge in [-0.15, -0.1) is 0 Å². The lowest BCUT2D eigenvalue weighted by Gasteiger charge is -2.22. The first-order valence-electron chi connectivity index (χ1n) is 6.49. The summed E-state index contributed by atoms with van der Waals surface area (Å²) >= 11 is 0. The molecule has 1 rings (SSSR count). The van der Waals surface area contributed by atoms with Gasteiger partial charge in [0.1, 0.15) is 0 Å². The van der Waals surface area contributed by atoms with Crippen LogP contribution in [0.3, 0.4) is 0 Å². The van der Waals surface area contributed by atoms with Crippen LogP contribution in [0.5, 0.6) is 0 Å². The number of hydrogen-bond donors (Lipinski definition) is 0. The maximum atomic E-state index is 4.26. The normalized spacial score (nSPS) is 12.1. The Balaban J connectivity index is 2.59. The Morgan fingerprint density at radius 1 is 1.18 bits per heavy atom. The molecule has 0 amide bonds. The minimum Gasteiger partial charge on any atom is -0.309 e. The molecule has 0 N–H and O–H groups in total. The molecule has 0 spiro atoms. The van der Waals surface area contributed by atoms with E-state index < -0.39 is 0 Å². The Hall–Kier alpha value is -0.890. The first kappa shape index (κ1) is 14.2. The predicted octanol–water partition coefficient (Wildman–Crippen LogP) is 3.26. The summed E-state index contributed by atoms with van der Waals surface area (Å²) in [5.41, 5.74) is 3.08. The number of nitrogens with zero attached hydrogens (tertiary/aromatic N) is 2. The second-order valence-electron chi connectivity index (χ2n) is 6.04. The van der Waals surface area contributed by atoms with E-state index in [-0.39, 0.29) is 5.41 Å². The Morgan fingerprint density at radius 3 is 2.47 bits per heavy atom. The van der Waals surface area contributed by atoms with Gasteiger partial charge in [-0.25, -0.2) is 0 Å². The molecule has 96 valence electrons. The average molecular weight is 234 g/mol. The topological polar surface area (TPSA) is 16.1 Å². The van der Waals surface area contributed by atoms with Gasteiger partial charge in [0.05, 0.1) is 0 Å². The van der Waals surface area contributed by atoms with Gasteiger partial charge in [0.15, 0.2) is 0 Å². The highest BCUT2D eigenvalue weighted by atomic mass is 15.0. The van der Waals surface area contributed by atoms with Crippen molar-refractivity contribution in [3.8, 4) is 0 Å². The van der Waals surface area contributed by atoms with Crippen molar-refractivity contribution in [2.75, 3.05) is 20.6 Å². The van der Waals surface area contributed by atoms with Gasteiger partial charge >= 0.3 is 0 Å². The van der Waals surface area contributed by atoms with E-state index in [2.05, 4.69) is 50.8 Å². The van der Waals surface area contributed by atoms with Crippen molar-refractivity contribution in [2.24, 2.45) is 0 Å². The lowest BCUT2D eigenvalue weighted by molar-refractivity contribution is 0.394. The molecule has 0 saturated carbocycles. The molecule has 0 unspecified atom stereocenters. The van der Waals surface area contributed by atoms with E-state index in [0.717, 1.165) is 6.42 Å². The molecule has 0 aromatic carbocycles. The van der Waals surface area contributed by atoms with Crippen molar-refractivity contribution in [1.82, 2.24) is 9.88 Å². The standard InChI is InChI=1S/C15H26N2/c1-15(2,3)14-9-10-16-12-13(14)8-6-7-11-17(4)5/h9-10,12H,6-8,11H2,1-5H3. The fourth-order valence-electron chi connectivity index (χ4n) is 2.10. The first-order valence-corrected chi connectivity index (χ1v) is 6.49. The molecular weight excluding hydrogens is 208 g/mol. The summed E-state index contributed by atoms with van der Waals surface area (Å²) in [6.07, 6.45) is 7.59. The third kappa shape index (κ3) is 4.86. The van der Waals surface area contributed by atoms with Crippen LogP contribution >= 0.6 is 0 Å². The summed E-state index contributed by atoms with van der Waals surface area (Å²) < 4.78 is 0. The molecule has 0 aliphatic heterocycles. The molecule has 0 fully saturated rings. The van der Waals surface area contributed by atoms with Gasteiger partial charge in [0, 0.05) is 12.4 Å². The molecule has 2 nitrogen and oxygen atoms in total. The Labute approximate surface area is 106 Å². The van der Waals surface area contributed by atoms with E-state index in [4.69, 9.17) is 0 Å². The monoisotopic (exact) mass is 234 g/mol. The van der Waals surface area contributed by atoms with E-state index in [1.165, 1.54) is 30.5 Å². The van der Waals surface area contributed by atoms with Crippen molar-refractivity contribution in [2.45, 2.75) is 45.4 Å². The second-order valence-corrected chi connectivity index (χ2v) is 6.04. The van der Waals surface area contributed by atoms with Crippen LogP contribution in [0.2, 0.25) is 0 Å². The van der Waals surface area contributed by atoms with Crippen LogP contribution in [-0.2, 0) is 11.8 Å². The van der Waals surface area contributed by atoms with Crippen molar-refractivity contribution >= 4 is 0 Å². The third-order valence-electron chi connectivity index (χ3n) is 3.01. The highest BCUT2D eigenvalue weighted by Crippen LogP contribution is 2.25. The van der Waals surface area contributed by atoms with Crippen LogP contribution < -0.4 is 0 Å². The quantitative estimate of drug-likeness (QED) is 0.727. The summed E-state index contributed by atoms with van der Waals surface area (Å²) in [6, 6.07) is 2.17. The highest BCUT2D eigenvalue weighted by Gasteiger charge is 2.17. The molecule has 1 aromatic rings. The number of rotatable bonds is 5. The van der Waals surface area contributed by atoms with Crippen LogP contribution in [0.1, 0.15) is 44.7 Å². The largest absolute Gasteiger partial charge is 0.309 e.